The summed E-state index contributed by atoms with van der Waals surface area (Å²) in [5.74, 6) is 0.125. The lowest BCUT2D eigenvalue weighted by atomic mass is 10.3. The maximum atomic E-state index is 13.1. The first-order chi connectivity index (χ1) is 9.72. The van der Waals surface area contributed by atoms with Crippen LogP contribution in [0.5, 0.6) is 0 Å². The van der Waals surface area contributed by atoms with E-state index < -0.39 is 0 Å². The zero-order valence-corrected chi connectivity index (χ0v) is 11.6. The van der Waals surface area contributed by atoms with E-state index in [1.807, 2.05) is 4.57 Å². The van der Waals surface area contributed by atoms with Gasteiger partial charge in [0.1, 0.15) is 5.82 Å². The summed E-state index contributed by atoms with van der Waals surface area (Å²) in [6.07, 6.45) is 1.87. The Balaban J connectivity index is 1.85. The van der Waals surface area contributed by atoms with E-state index in [2.05, 4.69) is 4.98 Å². The smallest absolute Gasteiger partial charge is 0.201 e. The molecule has 5 nitrogen and oxygen atoms in total. The number of unbranched alkanes of at least 4 members (excludes halogenated alkanes) is 1. The van der Waals surface area contributed by atoms with Crippen LogP contribution in [-0.4, -0.2) is 36.5 Å². The summed E-state index contributed by atoms with van der Waals surface area (Å²) in [6, 6.07) is 4.53. The Morgan fingerprint density at radius 1 is 1.25 bits per heavy atom. The van der Waals surface area contributed by atoms with Crippen molar-refractivity contribution in [3.63, 3.8) is 0 Å². The van der Waals surface area contributed by atoms with Crippen molar-refractivity contribution in [3.05, 3.63) is 24.0 Å². The van der Waals surface area contributed by atoms with E-state index in [9.17, 15) is 4.39 Å². The number of rotatable bonds is 8. The molecule has 0 spiro atoms. The Morgan fingerprint density at radius 3 is 2.90 bits per heavy atom. The lowest BCUT2D eigenvalue weighted by molar-refractivity contribution is 0.0684. The minimum absolute atomic E-state index is 0.298. The molecule has 1 aromatic heterocycles. The molecule has 0 bridgehead atoms. The number of hydrogen-bond donors (Lipinski definition) is 1. The molecule has 0 fully saturated rings. The number of nitrogen functional groups attached to an aromatic ring is 1. The molecule has 0 saturated carbocycles. The third-order valence-electron chi connectivity index (χ3n) is 3.09. The number of halogens is 1. The molecule has 6 heteroatoms. The summed E-state index contributed by atoms with van der Waals surface area (Å²) in [5.41, 5.74) is 7.33. The average Bonchev–Trinajstić information content (AvgIpc) is 2.73. The van der Waals surface area contributed by atoms with Gasteiger partial charge in [-0.25, -0.2) is 9.37 Å². The second-order valence-electron chi connectivity index (χ2n) is 4.57. The Bertz CT molecular complexity index is 557. The lowest BCUT2D eigenvalue weighted by Gasteiger charge is -2.07. The molecule has 0 radical (unpaired) electrons. The van der Waals surface area contributed by atoms with Crippen LogP contribution in [0.15, 0.2) is 18.2 Å². The van der Waals surface area contributed by atoms with Gasteiger partial charge < -0.3 is 19.8 Å². The molecule has 20 heavy (non-hydrogen) atoms. The van der Waals surface area contributed by atoms with Crippen LogP contribution in [0, 0.1) is 5.82 Å². The van der Waals surface area contributed by atoms with Crippen LogP contribution in [0.25, 0.3) is 11.0 Å². The van der Waals surface area contributed by atoms with E-state index in [0.29, 0.717) is 31.3 Å². The fraction of sp³-hybridized carbons (Fsp3) is 0.500. The number of aryl methyl sites for hydroxylation is 1. The van der Waals surface area contributed by atoms with E-state index in [0.717, 1.165) is 24.9 Å². The molecule has 0 unspecified atom stereocenters. The van der Waals surface area contributed by atoms with E-state index in [-0.39, 0.29) is 5.82 Å². The SMILES string of the molecule is COCCOCCCCn1c(N)nc2cc(F)ccc21. The Labute approximate surface area is 117 Å². The monoisotopic (exact) mass is 281 g/mol. The van der Waals surface area contributed by atoms with Crippen molar-refractivity contribution in [1.29, 1.82) is 0 Å². The summed E-state index contributed by atoms with van der Waals surface area (Å²) in [6.45, 7) is 2.68. The molecular formula is C14H20FN3O2. The van der Waals surface area contributed by atoms with Gasteiger partial charge in [0.15, 0.2) is 0 Å². The Kier molecular flexibility index (Phi) is 5.31. The number of hydrogen-bond acceptors (Lipinski definition) is 4. The predicted octanol–water partition coefficient (Wildman–Crippen LogP) is 2.20. The maximum Gasteiger partial charge on any atom is 0.201 e. The van der Waals surface area contributed by atoms with Crippen LogP contribution in [0.1, 0.15) is 12.8 Å². The molecule has 0 aliphatic carbocycles. The van der Waals surface area contributed by atoms with Crippen LogP contribution in [0.4, 0.5) is 10.3 Å². The molecule has 0 aliphatic heterocycles. The fourth-order valence-corrected chi connectivity index (χ4v) is 2.07. The predicted molar refractivity (Wildman–Crippen MR) is 76.0 cm³/mol. The highest BCUT2D eigenvalue weighted by Crippen LogP contribution is 2.19. The second kappa shape index (κ2) is 7.21. The summed E-state index contributed by atoms with van der Waals surface area (Å²) >= 11 is 0. The van der Waals surface area contributed by atoms with Gasteiger partial charge >= 0.3 is 0 Å². The highest BCUT2D eigenvalue weighted by atomic mass is 19.1. The van der Waals surface area contributed by atoms with Crippen LogP contribution < -0.4 is 5.73 Å². The summed E-state index contributed by atoms with van der Waals surface area (Å²) < 4.78 is 25.3. The van der Waals surface area contributed by atoms with E-state index >= 15 is 0 Å². The van der Waals surface area contributed by atoms with Gasteiger partial charge in [-0.1, -0.05) is 0 Å². The third-order valence-corrected chi connectivity index (χ3v) is 3.09. The highest BCUT2D eigenvalue weighted by Gasteiger charge is 2.08. The number of ether oxygens (including phenoxy) is 2. The quantitative estimate of drug-likeness (QED) is 0.753. The number of imidazole rings is 1. The molecule has 2 N–H and O–H groups in total. The van der Waals surface area contributed by atoms with Crippen molar-refractivity contribution >= 4 is 17.0 Å². The third kappa shape index (κ3) is 3.68. The molecule has 0 amide bonds. The summed E-state index contributed by atoms with van der Waals surface area (Å²) in [4.78, 5) is 4.17. The fourth-order valence-electron chi connectivity index (χ4n) is 2.07. The highest BCUT2D eigenvalue weighted by molar-refractivity contribution is 5.78. The first kappa shape index (κ1) is 14.7. The number of fused-ring (bicyclic) bond motifs is 1. The van der Waals surface area contributed by atoms with Crippen LogP contribution in [-0.2, 0) is 16.0 Å². The standard InChI is InChI=1S/C14H20FN3O2/c1-19-8-9-20-7-3-2-6-18-13-5-4-11(15)10-12(13)17-14(18)16/h4-5,10H,2-3,6-9H2,1H3,(H2,16,17). The molecule has 110 valence electrons. The van der Waals surface area contributed by atoms with Crippen molar-refractivity contribution in [2.75, 3.05) is 32.7 Å². The number of benzene rings is 1. The van der Waals surface area contributed by atoms with Crippen molar-refractivity contribution in [1.82, 2.24) is 9.55 Å². The number of nitrogens with zero attached hydrogens (tertiary/aromatic N) is 2. The summed E-state index contributed by atoms with van der Waals surface area (Å²) in [5, 5.41) is 0. The van der Waals surface area contributed by atoms with Gasteiger partial charge in [-0.3, -0.25) is 0 Å². The Morgan fingerprint density at radius 2 is 2.10 bits per heavy atom. The molecule has 1 aromatic carbocycles. The Hall–Kier alpha value is -1.66. The molecule has 2 aromatic rings. The minimum atomic E-state index is -0.298. The maximum absolute atomic E-state index is 13.1. The molecule has 0 aliphatic rings. The molecule has 0 atom stereocenters. The first-order valence-electron chi connectivity index (χ1n) is 6.70. The zero-order chi connectivity index (χ0) is 14.4. The van der Waals surface area contributed by atoms with Crippen LogP contribution in [0.3, 0.4) is 0 Å². The number of anilines is 1. The normalized spacial score (nSPS) is 11.3. The van der Waals surface area contributed by atoms with E-state index in [4.69, 9.17) is 15.2 Å². The molecular weight excluding hydrogens is 261 g/mol. The van der Waals surface area contributed by atoms with Crippen molar-refractivity contribution < 1.29 is 13.9 Å². The van der Waals surface area contributed by atoms with Gasteiger partial charge in [-0.15, -0.1) is 0 Å². The zero-order valence-electron chi connectivity index (χ0n) is 11.6. The second-order valence-corrected chi connectivity index (χ2v) is 4.57. The molecule has 1 heterocycles. The van der Waals surface area contributed by atoms with E-state index in [1.54, 1.807) is 13.2 Å². The number of methoxy groups -OCH3 is 1. The number of nitrogens with two attached hydrogens (primary N) is 1. The minimum Gasteiger partial charge on any atom is -0.382 e. The van der Waals surface area contributed by atoms with Gasteiger partial charge in [-0.2, -0.15) is 0 Å². The van der Waals surface area contributed by atoms with Crippen LogP contribution in [0.2, 0.25) is 0 Å². The van der Waals surface area contributed by atoms with Crippen molar-refractivity contribution in [2.24, 2.45) is 0 Å². The summed E-state index contributed by atoms with van der Waals surface area (Å²) in [7, 11) is 1.65. The molecule has 0 saturated heterocycles. The number of aromatic nitrogens is 2. The topological polar surface area (TPSA) is 62.3 Å². The van der Waals surface area contributed by atoms with Crippen molar-refractivity contribution in [2.45, 2.75) is 19.4 Å². The van der Waals surface area contributed by atoms with Crippen molar-refractivity contribution in [3.8, 4) is 0 Å². The van der Waals surface area contributed by atoms with Gasteiger partial charge in [-0.05, 0) is 25.0 Å². The van der Waals surface area contributed by atoms with Gasteiger partial charge in [0, 0.05) is 26.3 Å². The largest absolute Gasteiger partial charge is 0.382 e. The van der Waals surface area contributed by atoms with Gasteiger partial charge in [0.05, 0.1) is 24.2 Å². The molecule has 2 rings (SSSR count). The first-order valence-corrected chi connectivity index (χ1v) is 6.70. The van der Waals surface area contributed by atoms with E-state index in [1.165, 1.54) is 12.1 Å². The van der Waals surface area contributed by atoms with Crippen LogP contribution >= 0.6 is 0 Å². The lowest BCUT2D eigenvalue weighted by Crippen LogP contribution is -2.06. The van der Waals surface area contributed by atoms with Gasteiger partial charge in [0.25, 0.3) is 0 Å². The average molecular weight is 281 g/mol. The van der Waals surface area contributed by atoms with Gasteiger partial charge in [0.2, 0.25) is 5.95 Å².